The molecule has 0 spiro atoms. The third-order valence-corrected chi connectivity index (χ3v) is 1.23. The first kappa shape index (κ1) is 11.4. The van der Waals surface area contributed by atoms with Gasteiger partial charge in [0.15, 0.2) is 0 Å². The molecule has 0 aromatic rings. The summed E-state index contributed by atoms with van der Waals surface area (Å²) in [7, 11) is 0. The minimum atomic E-state index is -0.201. The summed E-state index contributed by atoms with van der Waals surface area (Å²) in [6, 6.07) is -0.201. The predicted octanol–water partition coefficient (Wildman–Crippen LogP) is -0.0916. The van der Waals surface area contributed by atoms with Crippen molar-refractivity contribution in [1.82, 2.24) is 5.32 Å². The summed E-state index contributed by atoms with van der Waals surface area (Å²) in [5, 5.41) is 11.2. The molecule has 4 nitrogen and oxygen atoms in total. The molecule has 0 aliphatic carbocycles. The third kappa shape index (κ3) is 6.12. The lowest BCUT2D eigenvalue weighted by Crippen LogP contribution is -2.37. The lowest BCUT2D eigenvalue weighted by Gasteiger charge is -2.11. The maximum absolute atomic E-state index is 11.0. The van der Waals surface area contributed by atoms with Gasteiger partial charge in [-0.05, 0) is 20.8 Å². The summed E-state index contributed by atoms with van der Waals surface area (Å²) < 4.78 is 5.06. The highest BCUT2D eigenvalue weighted by molar-refractivity contribution is 5.77. The van der Waals surface area contributed by atoms with Gasteiger partial charge in [-0.3, -0.25) is 4.79 Å². The maximum atomic E-state index is 11.0. The Kier molecular flexibility index (Phi) is 5.66. The number of amides is 1. The van der Waals surface area contributed by atoms with Gasteiger partial charge in [0.1, 0.15) is 6.61 Å². The second-order valence-electron chi connectivity index (χ2n) is 3.01. The van der Waals surface area contributed by atoms with Crippen LogP contribution in [0, 0.1) is 0 Å². The molecular formula is C8H17NO3. The molecule has 0 heterocycles. The van der Waals surface area contributed by atoms with E-state index in [0.717, 1.165) is 0 Å². The highest BCUT2D eigenvalue weighted by Gasteiger charge is 2.06. The van der Waals surface area contributed by atoms with Gasteiger partial charge in [0.25, 0.3) is 0 Å². The number of carbonyl (C=O) groups is 1. The van der Waals surface area contributed by atoms with Gasteiger partial charge in [-0.15, -0.1) is 0 Å². The zero-order valence-corrected chi connectivity index (χ0v) is 7.83. The third-order valence-electron chi connectivity index (χ3n) is 1.23. The Balaban J connectivity index is 3.46. The molecule has 0 radical (unpaired) electrons. The molecule has 0 saturated carbocycles. The molecule has 0 aromatic carbocycles. The van der Waals surface area contributed by atoms with E-state index in [1.807, 2.05) is 13.8 Å². The van der Waals surface area contributed by atoms with Crippen LogP contribution in [0.1, 0.15) is 20.8 Å². The van der Waals surface area contributed by atoms with E-state index in [-0.39, 0.29) is 31.3 Å². The van der Waals surface area contributed by atoms with Gasteiger partial charge in [0, 0.05) is 6.04 Å². The molecule has 0 aliphatic rings. The SMILES string of the molecule is CC(CO)NC(=O)COC(C)C. The van der Waals surface area contributed by atoms with Crippen molar-refractivity contribution in [3.05, 3.63) is 0 Å². The molecule has 0 bridgehead atoms. The van der Waals surface area contributed by atoms with Crippen LogP contribution >= 0.6 is 0 Å². The van der Waals surface area contributed by atoms with Crippen molar-refractivity contribution in [2.45, 2.75) is 32.9 Å². The van der Waals surface area contributed by atoms with Crippen molar-refractivity contribution < 1.29 is 14.6 Å². The highest BCUT2D eigenvalue weighted by atomic mass is 16.5. The van der Waals surface area contributed by atoms with E-state index in [2.05, 4.69) is 5.32 Å². The van der Waals surface area contributed by atoms with E-state index in [9.17, 15) is 4.79 Å². The Morgan fingerprint density at radius 1 is 1.50 bits per heavy atom. The van der Waals surface area contributed by atoms with Crippen molar-refractivity contribution in [3.8, 4) is 0 Å². The van der Waals surface area contributed by atoms with Crippen LogP contribution in [0.25, 0.3) is 0 Å². The quantitative estimate of drug-likeness (QED) is 0.614. The first-order valence-electron chi connectivity index (χ1n) is 4.08. The van der Waals surface area contributed by atoms with Gasteiger partial charge in [-0.2, -0.15) is 0 Å². The molecule has 1 atom stereocenters. The van der Waals surface area contributed by atoms with E-state index >= 15 is 0 Å². The number of hydrogen-bond acceptors (Lipinski definition) is 3. The lowest BCUT2D eigenvalue weighted by molar-refractivity contribution is -0.127. The predicted molar refractivity (Wildman–Crippen MR) is 45.8 cm³/mol. The average Bonchev–Trinajstić information content (AvgIpc) is 2.00. The van der Waals surface area contributed by atoms with Crippen molar-refractivity contribution in [1.29, 1.82) is 0 Å². The summed E-state index contributed by atoms with van der Waals surface area (Å²) in [6.07, 6.45) is 0.0557. The first-order chi connectivity index (χ1) is 5.56. The fraction of sp³-hybridized carbons (Fsp3) is 0.875. The summed E-state index contributed by atoms with van der Waals surface area (Å²) in [5.41, 5.74) is 0. The van der Waals surface area contributed by atoms with Crippen molar-refractivity contribution in [2.75, 3.05) is 13.2 Å². The largest absolute Gasteiger partial charge is 0.394 e. The Morgan fingerprint density at radius 3 is 2.50 bits per heavy atom. The Bertz CT molecular complexity index is 136. The number of hydrogen-bond donors (Lipinski definition) is 2. The van der Waals surface area contributed by atoms with Gasteiger partial charge in [0.2, 0.25) is 5.91 Å². The molecular weight excluding hydrogens is 158 g/mol. The maximum Gasteiger partial charge on any atom is 0.246 e. The Morgan fingerprint density at radius 2 is 2.08 bits per heavy atom. The Hall–Kier alpha value is -0.610. The van der Waals surface area contributed by atoms with Crippen LogP contribution in [0.4, 0.5) is 0 Å². The summed E-state index contributed by atoms with van der Waals surface area (Å²) in [4.78, 5) is 11.0. The standard InChI is InChI=1S/C8H17NO3/c1-6(2)12-5-8(11)9-7(3)4-10/h6-7,10H,4-5H2,1-3H3,(H,9,11). The topological polar surface area (TPSA) is 58.6 Å². The number of rotatable bonds is 5. The number of aliphatic hydroxyl groups excluding tert-OH is 1. The summed E-state index contributed by atoms with van der Waals surface area (Å²) in [5.74, 6) is -0.190. The van der Waals surface area contributed by atoms with E-state index < -0.39 is 0 Å². The van der Waals surface area contributed by atoms with Gasteiger partial charge in [-0.25, -0.2) is 0 Å². The number of ether oxygens (including phenoxy) is 1. The molecule has 72 valence electrons. The summed E-state index contributed by atoms with van der Waals surface area (Å²) >= 11 is 0. The Labute approximate surface area is 72.9 Å². The number of aliphatic hydroxyl groups is 1. The second kappa shape index (κ2) is 5.97. The second-order valence-corrected chi connectivity index (χ2v) is 3.01. The molecule has 0 aromatic heterocycles. The highest BCUT2D eigenvalue weighted by Crippen LogP contribution is 1.87. The zero-order chi connectivity index (χ0) is 9.56. The van der Waals surface area contributed by atoms with E-state index in [4.69, 9.17) is 9.84 Å². The van der Waals surface area contributed by atoms with E-state index in [0.29, 0.717) is 0 Å². The molecule has 0 rings (SSSR count). The van der Waals surface area contributed by atoms with Crippen molar-refractivity contribution in [2.24, 2.45) is 0 Å². The lowest BCUT2D eigenvalue weighted by atomic mass is 10.3. The van der Waals surface area contributed by atoms with Gasteiger partial charge in [-0.1, -0.05) is 0 Å². The molecule has 12 heavy (non-hydrogen) atoms. The molecule has 1 amide bonds. The monoisotopic (exact) mass is 175 g/mol. The van der Waals surface area contributed by atoms with Crippen LogP contribution in [0.2, 0.25) is 0 Å². The summed E-state index contributed by atoms with van der Waals surface area (Å²) in [6.45, 7) is 5.47. The average molecular weight is 175 g/mol. The van der Waals surface area contributed by atoms with Crippen LogP contribution in [0.15, 0.2) is 0 Å². The first-order valence-corrected chi connectivity index (χ1v) is 4.08. The molecule has 4 heteroatoms. The van der Waals surface area contributed by atoms with E-state index in [1.54, 1.807) is 6.92 Å². The smallest absolute Gasteiger partial charge is 0.246 e. The number of carbonyl (C=O) groups excluding carboxylic acids is 1. The molecule has 1 unspecified atom stereocenters. The molecule has 0 saturated heterocycles. The van der Waals surface area contributed by atoms with Crippen LogP contribution in [-0.4, -0.2) is 36.4 Å². The van der Waals surface area contributed by atoms with Crippen LogP contribution < -0.4 is 5.32 Å². The van der Waals surface area contributed by atoms with Gasteiger partial charge in [0.05, 0.1) is 12.7 Å². The van der Waals surface area contributed by atoms with Crippen LogP contribution in [0.5, 0.6) is 0 Å². The van der Waals surface area contributed by atoms with Gasteiger partial charge < -0.3 is 15.2 Å². The van der Waals surface area contributed by atoms with Gasteiger partial charge >= 0.3 is 0 Å². The normalized spacial score (nSPS) is 13.1. The fourth-order valence-electron chi connectivity index (χ4n) is 0.604. The van der Waals surface area contributed by atoms with Crippen molar-refractivity contribution >= 4 is 5.91 Å². The van der Waals surface area contributed by atoms with Crippen LogP contribution in [-0.2, 0) is 9.53 Å². The molecule has 0 aliphatic heterocycles. The molecule has 2 N–H and O–H groups in total. The minimum absolute atomic E-state index is 0.0482. The fourth-order valence-corrected chi connectivity index (χ4v) is 0.604. The molecule has 0 fully saturated rings. The zero-order valence-electron chi connectivity index (χ0n) is 7.83. The van der Waals surface area contributed by atoms with Crippen molar-refractivity contribution in [3.63, 3.8) is 0 Å². The van der Waals surface area contributed by atoms with Crippen LogP contribution in [0.3, 0.4) is 0 Å². The minimum Gasteiger partial charge on any atom is -0.394 e. The van der Waals surface area contributed by atoms with E-state index in [1.165, 1.54) is 0 Å². The number of nitrogens with one attached hydrogen (secondary N) is 1.